The number of aliphatic hydroxyl groups is 1. The first kappa shape index (κ1) is 19.7. The second-order valence-electron chi connectivity index (χ2n) is 5.22. The Bertz CT molecular complexity index is 410. The van der Waals surface area contributed by atoms with Gasteiger partial charge in [0.05, 0.1) is 17.9 Å². The smallest absolute Gasteiger partial charge is 0.241 e. The molecule has 1 amide bonds. The fraction of sp³-hybridized carbons (Fsp3) is 0.917. The van der Waals surface area contributed by atoms with Crippen molar-refractivity contribution in [3.05, 3.63) is 0 Å². The van der Waals surface area contributed by atoms with Crippen molar-refractivity contribution in [3.8, 4) is 0 Å². The largest absolute Gasteiger partial charge is 0.394 e. The van der Waals surface area contributed by atoms with Crippen LogP contribution >= 0.6 is 11.8 Å². The van der Waals surface area contributed by atoms with E-state index in [0.29, 0.717) is 12.2 Å². The number of rotatable bonds is 9. The number of thioether (sulfide) groups is 1. The molecule has 20 heavy (non-hydrogen) atoms. The molecule has 2 N–H and O–H groups in total. The predicted molar refractivity (Wildman–Crippen MR) is 83.3 cm³/mol. The van der Waals surface area contributed by atoms with Crippen molar-refractivity contribution in [1.82, 2.24) is 9.62 Å². The number of amides is 1. The second kappa shape index (κ2) is 8.21. The fourth-order valence-electron chi connectivity index (χ4n) is 1.41. The van der Waals surface area contributed by atoms with Crippen LogP contribution in [0.3, 0.4) is 0 Å². The Morgan fingerprint density at radius 3 is 2.40 bits per heavy atom. The maximum absolute atomic E-state index is 12.4. The monoisotopic (exact) mass is 326 g/mol. The van der Waals surface area contributed by atoms with E-state index >= 15 is 0 Å². The van der Waals surface area contributed by atoms with Gasteiger partial charge in [0.2, 0.25) is 15.9 Å². The normalized spacial score (nSPS) is 14.1. The molecule has 0 heterocycles. The van der Waals surface area contributed by atoms with Gasteiger partial charge in [0.15, 0.2) is 0 Å². The van der Waals surface area contributed by atoms with Crippen molar-refractivity contribution >= 4 is 27.7 Å². The highest BCUT2D eigenvalue weighted by atomic mass is 32.2. The predicted octanol–water partition coefficient (Wildman–Crippen LogP) is 0.277. The molecule has 0 spiro atoms. The van der Waals surface area contributed by atoms with E-state index in [1.165, 1.54) is 11.8 Å². The Balaban J connectivity index is 5.08. The van der Waals surface area contributed by atoms with E-state index in [4.69, 9.17) is 0 Å². The number of carbonyl (C=O) groups is 1. The van der Waals surface area contributed by atoms with Crippen LogP contribution in [-0.4, -0.2) is 67.3 Å². The van der Waals surface area contributed by atoms with E-state index in [-0.39, 0.29) is 18.3 Å². The first-order valence-corrected chi connectivity index (χ1v) is 9.53. The zero-order chi connectivity index (χ0) is 16.0. The van der Waals surface area contributed by atoms with Crippen LogP contribution in [0.15, 0.2) is 0 Å². The number of aliphatic hydroxyl groups excluding tert-OH is 1. The van der Waals surface area contributed by atoms with Crippen molar-refractivity contribution in [2.45, 2.75) is 38.8 Å². The minimum atomic E-state index is -3.45. The molecule has 8 heteroatoms. The maximum Gasteiger partial charge on any atom is 0.241 e. The molecule has 0 rings (SSSR count). The number of hydrogen-bond acceptors (Lipinski definition) is 5. The summed E-state index contributed by atoms with van der Waals surface area (Å²) in [4.78, 5) is 13.8. The highest BCUT2D eigenvalue weighted by Gasteiger charge is 2.33. The molecule has 0 saturated carbocycles. The molecule has 0 aliphatic carbocycles. The molecule has 1 unspecified atom stereocenters. The van der Waals surface area contributed by atoms with Crippen LogP contribution in [0.5, 0.6) is 0 Å². The van der Waals surface area contributed by atoms with Gasteiger partial charge in [0.25, 0.3) is 0 Å². The fourth-order valence-corrected chi connectivity index (χ4v) is 2.70. The summed E-state index contributed by atoms with van der Waals surface area (Å²) in [6.45, 7) is 4.79. The van der Waals surface area contributed by atoms with Crippen molar-refractivity contribution in [2.75, 3.05) is 31.4 Å². The van der Waals surface area contributed by atoms with Gasteiger partial charge in [-0.05, 0) is 39.2 Å². The third kappa shape index (κ3) is 5.99. The van der Waals surface area contributed by atoms with E-state index in [0.717, 1.165) is 0 Å². The summed E-state index contributed by atoms with van der Waals surface area (Å²) >= 11 is 1.55. The molecule has 0 aromatic carbocycles. The van der Waals surface area contributed by atoms with E-state index in [1.54, 1.807) is 32.7 Å². The quantitative estimate of drug-likeness (QED) is 0.635. The van der Waals surface area contributed by atoms with Crippen molar-refractivity contribution in [2.24, 2.45) is 0 Å². The number of sulfonamides is 1. The van der Waals surface area contributed by atoms with Crippen LogP contribution in [0, 0.1) is 0 Å². The first-order chi connectivity index (χ1) is 9.11. The summed E-state index contributed by atoms with van der Waals surface area (Å²) in [6.07, 6.45) is 2.32. The highest BCUT2D eigenvalue weighted by molar-refractivity contribution is 7.98. The van der Waals surface area contributed by atoms with Crippen LogP contribution in [0.1, 0.15) is 27.2 Å². The topological polar surface area (TPSA) is 86.7 Å². The Labute approximate surface area is 126 Å². The van der Waals surface area contributed by atoms with Crippen molar-refractivity contribution < 1.29 is 18.3 Å². The summed E-state index contributed by atoms with van der Waals surface area (Å²) < 4.78 is 25.8. The number of carbonyl (C=O) groups excluding carboxylic acids is 1. The molecule has 0 radical (unpaired) electrons. The Morgan fingerprint density at radius 1 is 1.45 bits per heavy atom. The highest BCUT2D eigenvalue weighted by Crippen LogP contribution is 2.15. The van der Waals surface area contributed by atoms with Crippen LogP contribution in [-0.2, 0) is 14.8 Å². The van der Waals surface area contributed by atoms with E-state index in [1.807, 2.05) is 6.26 Å². The molecule has 0 fully saturated rings. The lowest BCUT2D eigenvalue weighted by molar-refractivity contribution is -0.137. The van der Waals surface area contributed by atoms with E-state index < -0.39 is 21.6 Å². The third-order valence-electron chi connectivity index (χ3n) is 3.24. The Morgan fingerprint density at radius 2 is 2.00 bits per heavy atom. The zero-order valence-electron chi connectivity index (χ0n) is 12.8. The van der Waals surface area contributed by atoms with Crippen LogP contribution in [0.2, 0.25) is 0 Å². The lowest BCUT2D eigenvalue weighted by atomic mass is 10.0. The molecule has 0 bridgehead atoms. The number of likely N-dealkylation sites (N-methyl/N-ethyl adjacent to an activating group) is 1. The van der Waals surface area contributed by atoms with Gasteiger partial charge in [-0.1, -0.05) is 0 Å². The summed E-state index contributed by atoms with van der Waals surface area (Å²) in [5.74, 6) is 0.286. The lowest BCUT2D eigenvalue weighted by Gasteiger charge is -2.36. The average Bonchev–Trinajstić information content (AvgIpc) is 2.41. The molecule has 0 aliphatic rings. The van der Waals surface area contributed by atoms with Crippen molar-refractivity contribution in [1.29, 1.82) is 0 Å². The number of hydrogen-bond donors (Lipinski definition) is 2. The lowest BCUT2D eigenvalue weighted by Crippen LogP contribution is -2.55. The SMILES string of the molecule is CCS(=O)(=O)NC(CCSC)C(=O)N(C)C(C)(C)CO. The van der Waals surface area contributed by atoms with Gasteiger partial charge in [-0.25, -0.2) is 13.1 Å². The van der Waals surface area contributed by atoms with Gasteiger partial charge in [-0.3, -0.25) is 4.79 Å². The second-order valence-corrected chi connectivity index (χ2v) is 8.25. The molecule has 0 aliphatic heterocycles. The zero-order valence-corrected chi connectivity index (χ0v) is 14.5. The molecule has 6 nitrogen and oxygen atoms in total. The summed E-state index contributed by atoms with van der Waals surface area (Å²) in [6, 6.07) is -0.789. The van der Waals surface area contributed by atoms with Gasteiger partial charge < -0.3 is 10.0 Å². The minimum absolute atomic E-state index is 0.0663. The number of nitrogens with zero attached hydrogens (tertiary/aromatic N) is 1. The Kier molecular flexibility index (Phi) is 8.08. The first-order valence-electron chi connectivity index (χ1n) is 6.48. The van der Waals surface area contributed by atoms with Crippen LogP contribution in [0.25, 0.3) is 0 Å². The summed E-state index contributed by atoms with van der Waals surface area (Å²) in [5, 5.41) is 9.31. The van der Waals surface area contributed by atoms with Crippen LogP contribution in [0.4, 0.5) is 0 Å². The average molecular weight is 326 g/mol. The van der Waals surface area contributed by atoms with Crippen LogP contribution < -0.4 is 4.72 Å². The Hall–Kier alpha value is -0.310. The summed E-state index contributed by atoms with van der Waals surface area (Å²) in [5.41, 5.74) is -0.730. The summed E-state index contributed by atoms with van der Waals surface area (Å²) in [7, 11) is -1.87. The molecular weight excluding hydrogens is 300 g/mol. The third-order valence-corrected chi connectivity index (χ3v) is 5.28. The van der Waals surface area contributed by atoms with Gasteiger partial charge >= 0.3 is 0 Å². The molecule has 120 valence electrons. The van der Waals surface area contributed by atoms with Gasteiger partial charge in [0.1, 0.15) is 6.04 Å². The van der Waals surface area contributed by atoms with Gasteiger partial charge in [-0.15, -0.1) is 0 Å². The standard InChI is InChI=1S/C12H26N2O4S2/c1-6-20(17,18)13-10(7-8-19-5)11(16)14(4)12(2,3)9-15/h10,13,15H,6-9H2,1-5H3. The molecule has 1 atom stereocenters. The molecular formula is C12H26N2O4S2. The van der Waals surface area contributed by atoms with Gasteiger partial charge in [-0.2, -0.15) is 11.8 Å². The molecule has 0 saturated heterocycles. The molecule has 0 aromatic rings. The van der Waals surface area contributed by atoms with E-state index in [2.05, 4.69) is 4.72 Å². The maximum atomic E-state index is 12.4. The minimum Gasteiger partial charge on any atom is -0.394 e. The van der Waals surface area contributed by atoms with Crippen molar-refractivity contribution in [3.63, 3.8) is 0 Å². The number of nitrogens with one attached hydrogen (secondary N) is 1. The molecule has 0 aromatic heterocycles. The van der Waals surface area contributed by atoms with Gasteiger partial charge in [0, 0.05) is 7.05 Å². The van der Waals surface area contributed by atoms with E-state index in [9.17, 15) is 18.3 Å².